The topological polar surface area (TPSA) is 92.3 Å². The predicted octanol–water partition coefficient (Wildman–Crippen LogP) is 4.78. The zero-order valence-electron chi connectivity index (χ0n) is 19.7. The van der Waals surface area contributed by atoms with Gasteiger partial charge in [0.1, 0.15) is 5.69 Å². The van der Waals surface area contributed by atoms with Crippen LogP contribution in [0.2, 0.25) is 18.1 Å². The van der Waals surface area contributed by atoms with E-state index >= 15 is 0 Å². The zero-order chi connectivity index (χ0) is 23.4. The van der Waals surface area contributed by atoms with Crippen LogP contribution in [0.15, 0.2) is 48.9 Å². The summed E-state index contributed by atoms with van der Waals surface area (Å²) in [6, 6.07) is 11.9. The predicted molar refractivity (Wildman–Crippen MR) is 129 cm³/mol. The molecule has 2 heterocycles. The normalized spacial score (nSPS) is 13.3. The first-order valence-corrected chi connectivity index (χ1v) is 13.9. The molecule has 0 saturated heterocycles. The van der Waals surface area contributed by atoms with Gasteiger partial charge in [-0.25, -0.2) is 9.97 Å². The Morgan fingerprint density at radius 1 is 1.19 bits per heavy atom. The van der Waals surface area contributed by atoms with E-state index in [1.54, 1.807) is 12.5 Å². The van der Waals surface area contributed by atoms with Crippen molar-refractivity contribution in [3.8, 4) is 5.88 Å². The molecule has 3 rings (SSSR count). The summed E-state index contributed by atoms with van der Waals surface area (Å²) >= 11 is 0. The van der Waals surface area contributed by atoms with Crippen molar-refractivity contribution in [2.45, 2.75) is 64.4 Å². The maximum absolute atomic E-state index is 11.4. The highest BCUT2D eigenvalue weighted by Crippen LogP contribution is 2.38. The molecule has 3 aromatic rings. The fourth-order valence-electron chi connectivity index (χ4n) is 3.22. The molecule has 1 atom stereocenters. The quantitative estimate of drug-likeness (QED) is 0.351. The van der Waals surface area contributed by atoms with Crippen molar-refractivity contribution < 1.29 is 14.0 Å². The first-order chi connectivity index (χ1) is 15.0. The summed E-state index contributed by atoms with van der Waals surface area (Å²) in [5.74, 6) is 0.105. The second-order valence-electron chi connectivity index (χ2n) is 9.65. The van der Waals surface area contributed by atoms with Crippen molar-refractivity contribution >= 4 is 25.1 Å². The fraction of sp³-hybridized carbons (Fsp3) is 0.458. The molecule has 0 unspecified atom stereocenters. The standard InChI is InChI=1S/C24H34N4O3Si/c1-24(2,3)32(4,5)31-19(15-28-16-21(23(25)29)26-17-28)10-8-14-30-22-13-12-18-9-6-7-11-20(18)27-22/h6-7,9,11-13,16-17,19H,8,10,14-15H2,1-5H3,(H2,25,29)/t19-/m0/s1. The van der Waals surface area contributed by atoms with Crippen LogP contribution in [0, 0.1) is 0 Å². The SMILES string of the molecule is CC(C)(C)[Si](C)(C)O[C@@H](CCCOc1ccc2ccccc2n1)Cn1cnc(C(N)=O)c1. The highest BCUT2D eigenvalue weighted by atomic mass is 28.4. The molecule has 1 amide bonds. The number of fused-ring (bicyclic) bond motifs is 1. The number of carbonyl (C=O) groups is 1. The van der Waals surface area contributed by atoms with Crippen molar-refractivity contribution in [3.05, 3.63) is 54.6 Å². The summed E-state index contributed by atoms with van der Waals surface area (Å²) in [6.07, 6.45) is 4.95. The van der Waals surface area contributed by atoms with Gasteiger partial charge in [-0.15, -0.1) is 0 Å². The first kappa shape index (κ1) is 23.9. The number of rotatable bonds is 10. The van der Waals surface area contributed by atoms with Gasteiger partial charge in [0.05, 0.1) is 24.6 Å². The van der Waals surface area contributed by atoms with Gasteiger partial charge < -0.3 is 19.5 Å². The molecule has 0 fully saturated rings. The molecule has 0 aliphatic rings. The van der Waals surface area contributed by atoms with Gasteiger partial charge in [0, 0.05) is 24.2 Å². The number of para-hydroxylation sites is 1. The summed E-state index contributed by atoms with van der Waals surface area (Å²) in [5, 5.41) is 1.20. The highest BCUT2D eigenvalue weighted by molar-refractivity contribution is 6.74. The van der Waals surface area contributed by atoms with Gasteiger partial charge in [-0.05, 0) is 43.1 Å². The van der Waals surface area contributed by atoms with E-state index in [1.165, 1.54) is 0 Å². The third kappa shape index (κ3) is 6.17. The monoisotopic (exact) mass is 454 g/mol. The third-order valence-electron chi connectivity index (χ3n) is 6.06. The molecule has 172 valence electrons. The Labute approximate surface area is 191 Å². The number of aromatic nitrogens is 3. The second kappa shape index (κ2) is 9.83. The number of imidazole rings is 1. The minimum atomic E-state index is -1.97. The number of benzene rings is 1. The summed E-state index contributed by atoms with van der Waals surface area (Å²) in [4.78, 5) is 20.0. The Hall–Kier alpha value is -2.71. The van der Waals surface area contributed by atoms with E-state index < -0.39 is 14.2 Å². The molecule has 0 aliphatic carbocycles. The number of ether oxygens (including phenoxy) is 1. The number of hydrogen-bond donors (Lipinski definition) is 1. The smallest absolute Gasteiger partial charge is 0.268 e. The van der Waals surface area contributed by atoms with Gasteiger partial charge in [-0.1, -0.05) is 39.0 Å². The summed E-state index contributed by atoms with van der Waals surface area (Å²) < 4.78 is 14.5. The van der Waals surface area contributed by atoms with Crippen molar-refractivity contribution in [2.24, 2.45) is 5.73 Å². The highest BCUT2D eigenvalue weighted by Gasteiger charge is 2.39. The van der Waals surface area contributed by atoms with Gasteiger partial charge in [0.25, 0.3) is 5.91 Å². The largest absolute Gasteiger partial charge is 0.478 e. The van der Waals surface area contributed by atoms with Crippen LogP contribution in [-0.4, -0.2) is 41.5 Å². The lowest BCUT2D eigenvalue weighted by Crippen LogP contribution is -2.45. The number of carbonyl (C=O) groups excluding carboxylic acids is 1. The number of hydrogen-bond acceptors (Lipinski definition) is 5. The van der Waals surface area contributed by atoms with Crippen molar-refractivity contribution in [1.82, 2.24) is 14.5 Å². The number of nitrogens with zero attached hydrogens (tertiary/aromatic N) is 3. The molecule has 0 radical (unpaired) electrons. The van der Waals surface area contributed by atoms with E-state index in [9.17, 15) is 4.79 Å². The summed E-state index contributed by atoms with van der Waals surface area (Å²) in [5.41, 5.74) is 6.53. The molecule has 2 aromatic heterocycles. The van der Waals surface area contributed by atoms with Gasteiger partial charge in [-0.2, -0.15) is 0 Å². The van der Waals surface area contributed by atoms with E-state index in [0.717, 1.165) is 23.7 Å². The van der Waals surface area contributed by atoms with Crippen LogP contribution < -0.4 is 10.5 Å². The van der Waals surface area contributed by atoms with Gasteiger partial charge in [0.2, 0.25) is 5.88 Å². The molecule has 32 heavy (non-hydrogen) atoms. The molecule has 8 heteroatoms. The average Bonchev–Trinajstić information content (AvgIpc) is 3.19. The minimum Gasteiger partial charge on any atom is -0.478 e. The second-order valence-corrected chi connectivity index (χ2v) is 14.4. The fourth-order valence-corrected chi connectivity index (χ4v) is 4.60. The van der Waals surface area contributed by atoms with Gasteiger partial charge in [0.15, 0.2) is 8.32 Å². The maximum atomic E-state index is 11.4. The third-order valence-corrected chi connectivity index (χ3v) is 10.6. The van der Waals surface area contributed by atoms with Gasteiger partial charge >= 0.3 is 0 Å². The number of pyridine rings is 1. The Kier molecular flexibility index (Phi) is 7.35. The van der Waals surface area contributed by atoms with E-state index in [0.29, 0.717) is 19.0 Å². The van der Waals surface area contributed by atoms with Crippen LogP contribution >= 0.6 is 0 Å². The molecule has 7 nitrogen and oxygen atoms in total. The van der Waals surface area contributed by atoms with E-state index in [-0.39, 0.29) is 16.8 Å². The van der Waals surface area contributed by atoms with Crippen LogP contribution in [0.1, 0.15) is 44.1 Å². The number of nitrogens with two attached hydrogens (primary N) is 1. The Balaban J connectivity index is 1.62. The van der Waals surface area contributed by atoms with Crippen LogP contribution in [0.4, 0.5) is 0 Å². The van der Waals surface area contributed by atoms with Crippen molar-refractivity contribution in [1.29, 1.82) is 0 Å². The van der Waals surface area contributed by atoms with Gasteiger partial charge in [-0.3, -0.25) is 4.79 Å². The van der Waals surface area contributed by atoms with E-state index in [2.05, 4.69) is 43.8 Å². The minimum absolute atomic E-state index is 0.0148. The van der Waals surface area contributed by atoms with Crippen molar-refractivity contribution in [2.75, 3.05) is 6.61 Å². The Morgan fingerprint density at radius 3 is 2.62 bits per heavy atom. The van der Waals surface area contributed by atoms with Crippen molar-refractivity contribution in [3.63, 3.8) is 0 Å². The molecule has 1 aromatic carbocycles. The van der Waals surface area contributed by atoms with Crippen LogP contribution in [-0.2, 0) is 11.0 Å². The molecule has 0 spiro atoms. The molecule has 0 saturated carbocycles. The summed E-state index contributed by atoms with van der Waals surface area (Å²) in [6.45, 7) is 12.4. The molecular formula is C24H34N4O3Si. The Morgan fingerprint density at radius 2 is 1.94 bits per heavy atom. The lowest BCUT2D eigenvalue weighted by atomic mass is 10.2. The molecule has 2 N–H and O–H groups in total. The lowest BCUT2D eigenvalue weighted by molar-refractivity contribution is 0.0995. The van der Waals surface area contributed by atoms with E-state index in [1.807, 2.05) is 41.0 Å². The number of primary amides is 1. The molecular weight excluding hydrogens is 420 g/mol. The lowest BCUT2D eigenvalue weighted by Gasteiger charge is -2.39. The average molecular weight is 455 g/mol. The zero-order valence-corrected chi connectivity index (χ0v) is 20.7. The van der Waals surface area contributed by atoms with Crippen LogP contribution in [0.5, 0.6) is 5.88 Å². The van der Waals surface area contributed by atoms with E-state index in [4.69, 9.17) is 14.9 Å². The number of amides is 1. The maximum Gasteiger partial charge on any atom is 0.268 e. The first-order valence-electron chi connectivity index (χ1n) is 11.0. The Bertz CT molecular complexity index is 1060. The molecule has 0 aliphatic heterocycles. The van der Waals surface area contributed by atoms with Crippen LogP contribution in [0.3, 0.4) is 0 Å². The molecule has 0 bridgehead atoms. The van der Waals surface area contributed by atoms with Crippen LogP contribution in [0.25, 0.3) is 10.9 Å². The summed E-state index contributed by atoms with van der Waals surface area (Å²) in [7, 11) is -1.97.